The van der Waals surface area contributed by atoms with Crippen LogP contribution in [-0.4, -0.2) is 49.7 Å². The maximum Gasteiger partial charge on any atom is 0.328 e. The molecule has 0 fully saturated rings. The van der Waals surface area contributed by atoms with Crippen LogP contribution in [0.2, 0.25) is 0 Å². The second-order valence-corrected chi connectivity index (χ2v) is 5.84. The molecule has 0 aliphatic carbocycles. The maximum absolute atomic E-state index is 11.7. The molecule has 8 heteroatoms. The maximum atomic E-state index is 11.7. The van der Waals surface area contributed by atoms with Gasteiger partial charge in [-0.05, 0) is 27.2 Å². The van der Waals surface area contributed by atoms with Crippen LogP contribution in [0.1, 0.15) is 46.5 Å². The van der Waals surface area contributed by atoms with Crippen LogP contribution in [0.4, 0.5) is 0 Å². The standard InChI is InChI=1S/C15H25NO7/c1-15(2,3)23-13(19)8-6-10(14(20)22-5)16-11(17)7-9-12(18)21-4/h10H,6-9H2,1-5H3,(H,16,17)/t10-/m0/s1. The lowest BCUT2D eigenvalue weighted by atomic mass is 10.1. The predicted octanol–water partition coefficient (Wildman–Crippen LogP) is 0.719. The van der Waals surface area contributed by atoms with Crippen molar-refractivity contribution < 1.29 is 33.4 Å². The number of ether oxygens (including phenoxy) is 3. The van der Waals surface area contributed by atoms with E-state index in [2.05, 4.69) is 14.8 Å². The molecule has 0 aliphatic rings. The first-order valence-electron chi connectivity index (χ1n) is 7.25. The fourth-order valence-electron chi connectivity index (χ4n) is 1.63. The zero-order chi connectivity index (χ0) is 18.0. The third-order valence-electron chi connectivity index (χ3n) is 2.66. The molecule has 1 atom stereocenters. The Morgan fingerprint density at radius 3 is 2.00 bits per heavy atom. The molecule has 1 N–H and O–H groups in total. The molecule has 0 aliphatic heterocycles. The molecule has 0 heterocycles. The molecule has 0 saturated heterocycles. The van der Waals surface area contributed by atoms with Crippen LogP contribution < -0.4 is 5.32 Å². The highest BCUT2D eigenvalue weighted by atomic mass is 16.6. The molecule has 0 unspecified atom stereocenters. The summed E-state index contributed by atoms with van der Waals surface area (Å²) >= 11 is 0. The van der Waals surface area contributed by atoms with Crippen molar-refractivity contribution in [2.45, 2.75) is 58.1 Å². The molecule has 0 aromatic heterocycles. The van der Waals surface area contributed by atoms with Crippen molar-refractivity contribution in [3.63, 3.8) is 0 Å². The van der Waals surface area contributed by atoms with Gasteiger partial charge in [0.25, 0.3) is 0 Å². The number of carbonyl (C=O) groups is 4. The molecule has 0 saturated carbocycles. The van der Waals surface area contributed by atoms with Crippen LogP contribution in [0.3, 0.4) is 0 Å². The Morgan fingerprint density at radius 2 is 1.52 bits per heavy atom. The normalized spacial score (nSPS) is 12.0. The lowest BCUT2D eigenvalue weighted by Gasteiger charge is -2.21. The first kappa shape index (κ1) is 20.9. The average molecular weight is 331 g/mol. The van der Waals surface area contributed by atoms with Gasteiger partial charge >= 0.3 is 17.9 Å². The Kier molecular flexibility index (Phi) is 8.90. The van der Waals surface area contributed by atoms with Crippen molar-refractivity contribution in [3.05, 3.63) is 0 Å². The number of esters is 3. The minimum Gasteiger partial charge on any atom is -0.469 e. The van der Waals surface area contributed by atoms with E-state index >= 15 is 0 Å². The van der Waals surface area contributed by atoms with E-state index in [9.17, 15) is 19.2 Å². The van der Waals surface area contributed by atoms with E-state index in [1.165, 1.54) is 14.2 Å². The summed E-state index contributed by atoms with van der Waals surface area (Å²) in [5, 5.41) is 2.44. The Bertz CT molecular complexity index is 440. The van der Waals surface area contributed by atoms with Gasteiger partial charge in [0.15, 0.2) is 0 Å². The number of carbonyl (C=O) groups excluding carboxylic acids is 4. The van der Waals surface area contributed by atoms with Crippen LogP contribution in [-0.2, 0) is 33.4 Å². The Balaban J connectivity index is 4.48. The summed E-state index contributed by atoms with van der Waals surface area (Å²) in [4.78, 5) is 46.0. The number of methoxy groups -OCH3 is 2. The average Bonchev–Trinajstić information content (AvgIpc) is 2.46. The van der Waals surface area contributed by atoms with E-state index in [4.69, 9.17) is 4.74 Å². The molecule has 0 aromatic rings. The summed E-state index contributed by atoms with van der Waals surface area (Å²) in [7, 11) is 2.40. The summed E-state index contributed by atoms with van der Waals surface area (Å²) in [5.74, 6) is -2.17. The minimum atomic E-state index is -0.974. The fourth-order valence-corrected chi connectivity index (χ4v) is 1.63. The molecule has 8 nitrogen and oxygen atoms in total. The summed E-state index contributed by atoms with van der Waals surface area (Å²) in [6, 6.07) is -0.974. The molecule has 1 amide bonds. The number of amides is 1. The molecule has 0 radical (unpaired) electrons. The second kappa shape index (κ2) is 9.81. The van der Waals surface area contributed by atoms with E-state index in [0.29, 0.717) is 0 Å². The molecule has 132 valence electrons. The Labute approximate surface area is 135 Å². The van der Waals surface area contributed by atoms with Gasteiger partial charge in [-0.2, -0.15) is 0 Å². The van der Waals surface area contributed by atoms with Gasteiger partial charge in [0.1, 0.15) is 11.6 Å². The van der Waals surface area contributed by atoms with Crippen LogP contribution in [0, 0.1) is 0 Å². The third kappa shape index (κ3) is 10.3. The second-order valence-electron chi connectivity index (χ2n) is 5.84. The molecule has 0 spiro atoms. The summed E-state index contributed by atoms with van der Waals surface area (Å²) in [5.41, 5.74) is -0.623. The van der Waals surface area contributed by atoms with Crippen LogP contribution >= 0.6 is 0 Å². The molecule has 0 aromatic carbocycles. The van der Waals surface area contributed by atoms with Crippen molar-refractivity contribution in [1.82, 2.24) is 5.32 Å². The van der Waals surface area contributed by atoms with Crippen molar-refractivity contribution in [2.75, 3.05) is 14.2 Å². The SMILES string of the molecule is COC(=O)CCC(=O)N[C@@H](CCC(=O)OC(C)(C)C)C(=O)OC. The first-order chi connectivity index (χ1) is 10.6. The molecule has 0 bridgehead atoms. The molecular weight excluding hydrogens is 306 g/mol. The van der Waals surface area contributed by atoms with Gasteiger partial charge in [0, 0.05) is 12.8 Å². The Hall–Kier alpha value is -2.12. The predicted molar refractivity (Wildman–Crippen MR) is 80.3 cm³/mol. The smallest absolute Gasteiger partial charge is 0.328 e. The van der Waals surface area contributed by atoms with Crippen molar-refractivity contribution in [2.24, 2.45) is 0 Å². The molecular formula is C15H25NO7. The quantitative estimate of drug-likeness (QED) is 0.515. The summed E-state index contributed by atoms with van der Waals surface area (Å²) in [6.45, 7) is 5.20. The van der Waals surface area contributed by atoms with E-state index in [0.717, 1.165) is 0 Å². The number of hydrogen-bond acceptors (Lipinski definition) is 7. The highest BCUT2D eigenvalue weighted by Crippen LogP contribution is 2.10. The van der Waals surface area contributed by atoms with E-state index in [1.807, 2.05) is 0 Å². The zero-order valence-corrected chi connectivity index (χ0v) is 14.3. The van der Waals surface area contributed by atoms with Crippen molar-refractivity contribution in [3.8, 4) is 0 Å². The van der Waals surface area contributed by atoms with Gasteiger partial charge in [-0.3, -0.25) is 14.4 Å². The van der Waals surface area contributed by atoms with E-state index in [1.54, 1.807) is 20.8 Å². The lowest BCUT2D eigenvalue weighted by molar-refractivity contribution is -0.155. The van der Waals surface area contributed by atoms with Gasteiger partial charge in [-0.15, -0.1) is 0 Å². The Morgan fingerprint density at radius 1 is 0.913 bits per heavy atom. The highest BCUT2D eigenvalue weighted by molar-refractivity contribution is 5.86. The van der Waals surface area contributed by atoms with Crippen molar-refractivity contribution in [1.29, 1.82) is 0 Å². The van der Waals surface area contributed by atoms with Gasteiger partial charge < -0.3 is 19.5 Å². The number of hydrogen-bond donors (Lipinski definition) is 1. The fraction of sp³-hybridized carbons (Fsp3) is 0.733. The van der Waals surface area contributed by atoms with Gasteiger partial charge in [-0.25, -0.2) is 4.79 Å². The minimum absolute atomic E-state index is 0.0472. The van der Waals surface area contributed by atoms with Crippen LogP contribution in [0.25, 0.3) is 0 Å². The van der Waals surface area contributed by atoms with E-state index < -0.39 is 35.5 Å². The first-order valence-corrected chi connectivity index (χ1v) is 7.25. The lowest BCUT2D eigenvalue weighted by Crippen LogP contribution is -2.42. The zero-order valence-electron chi connectivity index (χ0n) is 14.3. The van der Waals surface area contributed by atoms with Crippen LogP contribution in [0.5, 0.6) is 0 Å². The highest BCUT2D eigenvalue weighted by Gasteiger charge is 2.24. The van der Waals surface area contributed by atoms with Crippen LogP contribution in [0.15, 0.2) is 0 Å². The number of nitrogens with one attached hydrogen (secondary N) is 1. The summed E-state index contributed by atoms with van der Waals surface area (Å²) < 4.78 is 14.2. The monoisotopic (exact) mass is 331 g/mol. The number of rotatable bonds is 8. The van der Waals surface area contributed by atoms with Gasteiger partial charge in [-0.1, -0.05) is 0 Å². The molecule has 0 rings (SSSR count). The van der Waals surface area contributed by atoms with Gasteiger partial charge in [0.05, 0.1) is 20.6 Å². The molecule has 23 heavy (non-hydrogen) atoms. The van der Waals surface area contributed by atoms with Crippen molar-refractivity contribution >= 4 is 23.8 Å². The van der Waals surface area contributed by atoms with Gasteiger partial charge in [0.2, 0.25) is 5.91 Å². The largest absolute Gasteiger partial charge is 0.469 e. The topological polar surface area (TPSA) is 108 Å². The third-order valence-corrected chi connectivity index (χ3v) is 2.66. The summed E-state index contributed by atoms with van der Waals surface area (Å²) in [6.07, 6.45) is -0.214. The van der Waals surface area contributed by atoms with E-state index in [-0.39, 0.29) is 25.7 Å².